The molecule has 1 N–H and O–H groups in total. The monoisotopic (exact) mass is 301 g/mol. The van der Waals surface area contributed by atoms with Crippen molar-refractivity contribution in [1.29, 1.82) is 0 Å². The second-order valence-corrected chi connectivity index (χ2v) is 5.99. The smallest absolute Gasteiger partial charge is 0.335 e. The molecule has 3 rings (SSSR count). The molecule has 0 bridgehead atoms. The van der Waals surface area contributed by atoms with Crippen LogP contribution in [0, 0.1) is 13.8 Å². The van der Waals surface area contributed by atoms with Gasteiger partial charge in [-0.3, -0.25) is 0 Å². The summed E-state index contributed by atoms with van der Waals surface area (Å²) in [5, 5.41) is 12.2. The minimum Gasteiger partial charge on any atom is -0.478 e. The molecule has 0 amide bonds. The summed E-state index contributed by atoms with van der Waals surface area (Å²) in [6.45, 7) is 4.67. The Bertz CT molecular complexity index is 820. The van der Waals surface area contributed by atoms with Crippen LogP contribution in [-0.4, -0.2) is 25.6 Å². The summed E-state index contributed by atoms with van der Waals surface area (Å²) < 4.78 is 2.05. The van der Waals surface area contributed by atoms with E-state index in [-0.39, 0.29) is 5.56 Å². The molecule has 0 spiro atoms. The highest BCUT2D eigenvalue weighted by Crippen LogP contribution is 2.19. The third-order valence-corrected chi connectivity index (χ3v) is 4.27. The van der Waals surface area contributed by atoms with Gasteiger partial charge in [-0.05, 0) is 32.0 Å². The number of fused-ring (bicyclic) bond motifs is 1. The first kappa shape index (κ1) is 13.8. The van der Waals surface area contributed by atoms with E-state index in [2.05, 4.69) is 19.9 Å². The van der Waals surface area contributed by atoms with E-state index < -0.39 is 5.97 Å². The molecule has 0 saturated heterocycles. The first-order valence-corrected chi connectivity index (χ1v) is 7.54. The van der Waals surface area contributed by atoms with Gasteiger partial charge < -0.3 is 9.67 Å². The Balaban J connectivity index is 1.94. The number of benzene rings is 1. The molecule has 0 aliphatic rings. The Hall–Kier alpha value is -2.21. The Morgan fingerprint density at radius 1 is 1.33 bits per heavy atom. The molecular formula is C15H15N3O2S. The fraction of sp³-hybridized carbons (Fsp3) is 0.267. The first-order valence-electron chi connectivity index (χ1n) is 6.66. The number of carbonyl (C=O) groups is 1. The van der Waals surface area contributed by atoms with Gasteiger partial charge in [0, 0.05) is 18.3 Å². The van der Waals surface area contributed by atoms with Gasteiger partial charge in [-0.1, -0.05) is 0 Å². The molecule has 0 aliphatic carbocycles. The molecule has 6 heteroatoms. The van der Waals surface area contributed by atoms with Crippen molar-refractivity contribution in [3.8, 4) is 0 Å². The van der Waals surface area contributed by atoms with Crippen LogP contribution < -0.4 is 0 Å². The lowest BCUT2D eigenvalue weighted by molar-refractivity contribution is 0.0697. The van der Waals surface area contributed by atoms with Gasteiger partial charge in [-0.15, -0.1) is 11.3 Å². The Kier molecular flexibility index (Phi) is 3.47. The number of carboxylic acids is 1. The zero-order chi connectivity index (χ0) is 15.0. The Morgan fingerprint density at radius 2 is 2.14 bits per heavy atom. The predicted molar refractivity (Wildman–Crippen MR) is 82.0 cm³/mol. The third-order valence-electron chi connectivity index (χ3n) is 3.44. The van der Waals surface area contributed by atoms with Crippen molar-refractivity contribution < 1.29 is 9.90 Å². The van der Waals surface area contributed by atoms with Crippen LogP contribution in [0.3, 0.4) is 0 Å². The number of imidazole rings is 1. The summed E-state index contributed by atoms with van der Waals surface area (Å²) in [6.07, 6.45) is 0.813. The topological polar surface area (TPSA) is 68.0 Å². The van der Waals surface area contributed by atoms with Gasteiger partial charge in [0.25, 0.3) is 0 Å². The summed E-state index contributed by atoms with van der Waals surface area (Å²) in [7, 11) is 0. The van der Waals surface area contributed by atoms with Crippen LogP contribution in [-0.2, 0) is 13.0 Å². The average molecular weight is 301 g/mol. The minimum absolute atomic E-state index is 0.285. The van der Waals surface area contributed by atoms with E-state index in [1.807, 2.05) is 13.8 Å². The number of aromatic nitrogens is 3. The average Bonchev–Trinajstić information content (AvgIpc) is 2.98. The third kappa shape index (κ3) is 2.67. The molecular weight excluding hydrogens is 286 g/mol. The summed E-state index contributed by atoms with van der Waals surface area (Å²) >= 11 is 1.64. The van der Waals surface area contributed by atoms with Crippen molar-refractivity contribution in [1.82, 2.24) is 14.5 Å². The van der Waals surface area contributed by atoms with Gasteiger partial charge >= 0.3 is 5.97 Å². The molecule has 5 nitrogen and oxygen atoms in total. The quantitative estimate of drug-likeness (QED) is 0.804. The second-order valence-electron chi connectivity index (χ2n) is 4.93. The van der Waals surface area contributed by atoms with Crippen LogP contribution in [0.1, 0.15) is 26.9 Å². The van der Waals surface area contributed by atoms with E-state index in [0.717, 1.165) is 40.5 Å². The van der Waals surface area contributed by atoms with Crippen molar-refractivity contribution >= 4 is 28.3 Å². The van der Waals surface area contributed by atoms with E-state index in [4.69, 9.17) is 5.11 Å². The number of aryl methyl sites for hydroxylation is 4. The maximum Gasteiger partial charge on any atom is 0.335 e. The molecule has 108 valence electrons. The van der Waals surface area contributed by atoms with Crippen LogP contribution in [0.5, 0.6) is 0 Å². The van der Waals surface area contributed by atoms with Crippen LogP contribution >= 0.6 is 11.3 Å². The van der Waals surface area contributed by atoms with E-state index in [1.54, 1.807) is 29.5 Å². The highest BCUT2D eigenvalue weighted by atomic mass is 32.1. The lowest BCUT2D eigenvalue weighted by Gasteiger charge is -2.06. The highest BCUT2D eigenvalue weighted by Gasteiger charge is 2.11. The number of nitrogens with zero attached hydrogens (tertiary/aromatic N) is 3. The molecule has 0 saturated carbocycles. The largest absolute Gasteiger partial charge is 0.478 e. The second kappa shape index (κ2) is 5.29. The number of thiazole rings is 1. The molecule has 2 aromatic heterocycles. The molecule has 0 radical (unpaired) electrons. The van der Waals surface area contributed by atoms with E-state index in [9.17, 15) is 4.79 Å². The SMILES string of the molecule is Cc1nc(CCn2c(C)nc3ccc(C(=O)O)cc32)cs1. The lowest BCUT2D eigenvalue weighted by atomic mass is 10.2. The van der Waals surface area contributed by atoms with Crippen LogP contribution in [0.4, 0.5) is 0 Å². The van der Waals surface area contributed by atoms with Crippen molar-refractivity contribution in [2.45, 2.75) is 26.8 Å². The van der Waals surface area contributed by atoms with Gasteiger partial charge in [0.15, 0.2) is 0 Å². The maximum absolute atomic E-state index is 11.1. The van der Waals surface area contributed by atoms with Crippen LogP contribution in [0.15, 0.2) is 23.6 Å². The predicted octanol–water partition coefficient (Wildman–Crippen LogP) is 3.05. The van der Waals surface area contributed by atoms with Crippen molar-refractivity contribution in [3.05, 3.63) is 45.7 Å². The molecule has 21 heavy (non-hydrogen) atoms. The molecule has 0 aliphatic heterocycles. The normalized spacial score (nSPS) is 11.1. The van der Waals surface area contributed by atoms with Crippen molar-refractivity contribution in [2.75, 3.05) is 0 Å². The molecule has 0 atom stereocenters. The van der Waals surface area contributed by atoms with Gasteiger partial charge in [-0.2, -0.15) is 0 Å². The Morgan fingerprint density at radius 3 is 2.81 bits per heavy atom. The Labute approximate surface area is 125 Å². The van der Waals surface area contributed by atoms with Gasteiger partial charge in [-0.25, -0.2) is 14.8 Å². The van der Waals surface area contributed by atoms with Crippen molar-refractivity contribution in [3.63, 3.8) is 0 Å². The van der Waals surface area contributed by atoms with Crippen molar-refractivity contribution in [2.24, 2.45) is 0 Å². The number of aromatic carboxylic acids is 1. The highest BCUT2D eigenvalue weighted by molar-refractivity contribution is 7.09. The summed E-state index contributed by atoms with van der Waals surface area (Å²) in [4.78, 5) is 20.0. The summed E-state index contributed by atoms with van der Waals surface area (Å²) in [6, 6.07) is 5.03. The molecule has 1 aromatic carbocycles. The van der Waals surface area contributed by atoms with E-state index in [0.29, 0.717) is 0 Å². The first-order chi connectivity index (χ1) is 10.0. The number of rotatable bonds is 4. The molecule has 0 unspecified atom stereocenters. The summed E-state index contributed by atoms with van der Waals surface area (Å²) in [5.41, 5.74) is 3.03. The number of hydrogen-bond acceptors (Lipinski definition) is 4. The maximum atomic E-state index is 11.1. The number of hydrogen-bond donors (Lipinski definition) is 1. The van der Waals surface area contributed by atoms with E-state index >= 15 is 0 Å². The zero-order valence-electron chi connectivity index (χ0n) is 11.8. The van der Waals surface area contributed by atoms with Crippen LogP contribution in [0.2, 0.25) is 0 Å². The lowest BCUT2D eigenvalue weighted by Crippen LogP contribution is -2.04. The fourth-order valence-corrected chi connectivity index (χ4v) is 3.05. The number of carboxylic acid groups (broad SMARTS) is 1. The van der Waals surface area contributed by atoms with Gasteiger partial charge in [0.2, 0.25) is 0 Å². The summed E-state index contributed by atoms with van der Waals surface area (Å²) in [5.74, 6) is -0.0306. The fourth-order valence-electron chi connectivity index (χ4n) is 2.41. The zero-order valence-corrected chi connectivity index (χ0v) is 12.6. The van der Waals surface area contributed by atoms with Gasteiger partial charge in [0.05, 0.1) is 27.3 Å². The molecule has 3 aromatic rings. The van der Waals surface area contributed by atoms with E-state index in [1.165, 1.54) is 0 Å². The molecule has 0 fully saturated rings. The molecule has 2 heterocycles. The van der Waals surface area contributed by atoms with Gasteiger partial charge in [0.1, 0.15) is 5.82 Å². The standard InChI is InChI=1S/C15H15N3O2S/c1-9-16-13-4-3-11(15(19)20)7-14(13)18(9)6-5-12-8-21-10(2)17-12/h3-4,7-8H,5-6H2,1-2H3,(H,19,20). The minimum atomic E-state index is -0.919. The van der Waals surface area contributed by atoms with Crippen LogP contribution in [0.25, 0.3) is 11.0 Å².